The molecule has 1 aromatic rings. The molecule has 0 saturated carbocycles. The first-order valence-corrected chi connectivity index (χ1v) is 7.58. The number of hydrogen-bond donors (Lipinski definition) is 2. The number of aromatic nitrogens is 1. The fourth-order valence-electron chi connectivity index (χ4n) is 2.44. The number of thiazole rings is 1. The van der Waals surface area contributed by atoms with E-state index >= 15 is 0 Å². The number of rotatable bonds is 4. The molecule has 2 amide bonds. The molecule has 0 spiro atoms. The first-order valence-electron chi connectivity index (χ1n) is 6.70. The predicted molar refractivity (Wildman–Crippen MR) is 75.5 cm³/mol. The molecule has 1 aromatic heterocycles. The van der Waals surface area contributed by atoms with Crippen LogP contribution >= 0.6 is 11.3 Å². The molecular formula is C13H19N3O3S. The third-order valence-corrected chi connectivity index (χ3v) is 4.56. The average Bonchev–Trinajstić information content (AvgIpc) is 3.04. The van der Waals surface area contributed by atoms with Gasteiger partial charge in [0.1, 0.15) is 5.01 Å². The number of urea groups is 1. The van der Waals surface area contributed by atoms with E-state index in [1.165, 1.54) is 11.3 Å². The van der Waals surface area contributed by atoms with Gasteiger partial charge < -0.3 is 15.3 Å². The van der Waals surface area contributed by atoms with Gasteiger partial charge in [-0.3, -0.25) is 4.79 Å². The van der Waals surface area contributed by atoms with Crippen molar-refractivity contribution in [2.75, 3.05) is 13.1 Å². The highest BCUT2D eigenvalue weighted by molar-refractivity contribution is 7.09. The third kappa shape index (κ3) is 3.09. The zero-order valence-electron chi connectivity index (χ0n) is 11.6. The van der Waals surface area contributed by atoms with E-state index in [4.69, 9.17) is 5.11 Å². The van der Waals surface area contributed by atoms with Crippen molar-refractivity contribution in [2.45, 2.75) is 26.3 Å². The molecule has 3 atom stereocenters. The zero-order chi connectivity index (χ0) is 14.7. The lowest BCUT2D eigenvalue weighted by Crippen LogP contribution is -2.40. The Kier molecular flexibility index (Phi) is 4.59. The van der Waals surface area contributed by atoms with E-state index in [2.05, 4.69) is 10.3 Å². The Hall–Kier alpha value is -1.63. The second kappa shape index (κ2) is 6.21. The van der Waals surface area contributed by atoms with Crippen molar-refractivity contribution < 1.29 is 14.7 Å². The molecule has 1 fully saturated rings. The predicted octanol–water partition coefficient (Wildman–Crippen LogP) is 1.96. The number of carboxylic acid groups (broad SMARTS) is 1. The molecule has 110 valence electrons. The molecule has 7 heteroatoms. The molecule has 20 heavy (non-hydrogen) atoms. The number of nitrogens with zero attached hydrogens (tertiary/aromatic N) is 2. The van der Waals surface area contributed by atoms with Gasteiger partial charge in [0.25, 0.3) is 0 Å². The maximum atomic E-state index is 12.2. The van der Waals surface area contributed by atoms with Gasteiger partial charge in [0.05, 0.1) is 12.0 Å². The van der Waals surface area contributed by atoms with Crippen LogP contribution in [-0.4, -0.2) is 40.1 Å². The summed E-state index contributed by atoms with van der Waals surface area (Å²) in [7, 11) is 0. The minimum absolute atomic E-state index is 0.0156. The van der Waals surface area contributed by atoms with Crippen LogP contribution in [0.5, 0.6) is 0 Å². The van der Waals surface area contributed by atoms with E-state index in [1.807, 2.05) is 19.2 Å². The van der Waals surface area contributed by atoms with Crippen molar-refractivity contribution in [2.24, 2.45) is 11.8 Å². The quantitative estimate of drug-likeness (QED) is 0.890. The van der Waals surface area contributed by atoms with Gasteiger partial charge in [0.15, 0.2) is 0 Å². The summed E-state index contributed by atoms with van der Waals surface area (Å²) >= 11 is 1.51. The fraction of sp³-hybridized carbons (Fsp3) is 0.615. The van der Waals surface area contributed by atoms with Crippen molar-refractivity contribution in [3.63, 3.8) is 0 Å². The number of nitrogens with one attached hydrogen (secondary N) is 1. The summed E-state index contributed by atoms with van der Waals surface area (Å²) in [6.07, 6.45) is 2.47. The molecule has 0 aliphatic carbocycles. The van der Waals surface area contributed by atoms with Crippen LogP contribution in [0.2, 0.25) is 0 Å². The van der Waals surface area contributed by atoms with E-state index < -0.39 is 11.9 Å². The van der Waals surface area contributed by atoms with Crippen molar-refractivity contribution in [1.29, 1.82) is 0 Å². The molecule has 0 aromatic carbocycles. The molecule has 1 aliphatic rings. The first-order chi connectivity index (χ1) is 9.52. The van der Waals surface area contributed by atoms with Crippen LogP contribution in [0.25, 0.3) is 0 Å². The Morgan fingerprint density at radius 3 is 2.85 bits per heavy atom. The van der Waals surface area contributed by atoms with Crippen LogP contribution in [0, 0.1) is 11.8 Å². The minimum Gasteiger partial charge on any atom is -0.481 e. The Morgan fingerprint density at radius 2 is 2.35 bits per heavy atom. The smallest absolute Gasteiger partial charge is 0.317 e. The lowest BCUT2D eigenvalue weighted by atomic mass is 9.99. The van der Waals surface area contributed by atoms with Crippen LogP contribution in [0.3, 0.4) is 0 Å². The van der Waals surface area contributed by atoms with Gasteiger partial charge in [-0.05, 0) is 12.3 Å². The Morgan fingerprint density at radius 1 is 1.60 bits per heavy atom. The molecule has 0 radical (unpaired) electrons. The summed E-state index contributed by atoms with van der Waals surface area (Å²) in [4.78, 5) is 29.1. The molecule has 2 N–H and O–H groups in total. The molecule has 0 bridgehead atoms. The fourth-order valence-corrected chi connectivity index (χ4v) is 3.21. The van der Waals surface area contributed by atoms with Gasteiger partial charge >= 0.3 is 12.0 Å². The van der Waals surface area contributed by atoms with Crippen molar-refractivity contribution in [3.05, 3.63) is 16.6 Å². The van der Waals surface area contributed by atoms with Crippen molar-refractivity contribution >= 4 is 23.3 Å². The van der Waals surface area contributed by atoms with Crippen LogP contribution in [0.4, 0.5) is 4.79 Å². The van der Waals surface area contributed by atoms with Gasteiger partial charge in [-0.15, -0.1) is 11.3 Å². The minimum atomic E-state index is -0.834. The van der Waals surface area contributed by atoms with Gasteiger partial charge in [-0.25, -0.2) is 9.78 Å². The van der Waals surface area contributed by atoms with E-state index in [1.54, 1.807) is 11.1 Å². The summed E-state index contributed by atoms with van der Waals surface area (Å²) in [5.74, 6) is -1.32. The molecule has 6 nitrogen and oxygen atoms in total. The largest absolute Gasteiger partial charge is 0.481 e. The Balaban J connectivity index is 1.97. The summed E-state index contributed by atoms with van der Waals surface area (Å²) in [6, 6.07) is -0.315. The van der Waals surface area contributed by atoms with E-state index in [9.17, 15) is 9.59 Å². The van der Waals surface area contributed by atoms with Crippen LogP contribution in [-0.2, 0) is 4.79 Å². The van der Waals surface area contributed by atoms with Crippen molar-refractivity contribution in [3.8, 4) is 0 Å². The standard InChI is InChI=1S/C13H19N3O3S/c1-3-10(11-14-4-5-20-11)15-13(19)16-6-8(2)9(7-16)12(17)18/h4-5,8-10H,3,6-7H2,1-2H3,(H,15,19)(H,17,18). The Labute approximate surface area is 121 Å². The summed E-state index contributed by atoms with van der Waals surface area (Å²) in [5, 5.41) is 14.8. The maximum absolute atomic E-state index is 12.2. The lowest BCUT2D eigenvalue weighted by molar-refractivity contribution is -0.142. The number of carbonyl (C=O) groups is 2. The normalized spacial score (nSPS) is 23.6. The first kappa shape index (κ1) is 14.8. The van der Waals surface area contributed by atoms with Crippen LogP contribution in [0.1, 0.15) is 31.3 Å². The van der Waals surface area contributed by atoms with Crippen LogP contribution in [0.15, 0.2) is 11.6 Å². The van der Waals surface area contributed by atoms with Gasteiger partial charge in [-0.1, -0.05) is 13.8 Å². The van der Waals surface area contributed by atoms with Gasteiger partial charge in [-0.2, -0.15) is 0 Å². The number of likely N-dealkylation sites (tertiary alicyclic amines) is 1. The third-order valence-electron chi connectivity index (χ3n) is 3.67. The van der Waals surface area contributed by atoms with Gasteiger partial charge in [0, 0.05) is 24.7 Å². The average molecular weight is 297 g/mol. The number of hydrogen-bond acceptors (Lipinski definition) is 4. The van der Waals surface area contributed by atoms with Gasteiger partial charge in [0.2, 0.25) is 0 Å². The molecular weight excluding hydrogens is 278 g/mol. The number of amides is 2. The summed E-state index contributed by atoms with van der Waals surface area (Å²) in [5.41, 5.74) is 0. The number of carbonyl (C=O) groups excluding carboxylic acids is 1. The number of carboxylic acids is 1. The maximum Gasteiger partial charge on any atom is 0.317 e. The van der Waals surface area contributed by atoms with E-state index in [0.29, 0.717) is 6.54 Å². The molecule has 3 unspecified atom stereocenters. The Bertz CT molecular complexity index is 477. The zero-order valence-corrected chi connectivity index (χ0v) is 12.4. The SMILES string of the molecule is CCC(NC(=O)N1CC(C)C(C(=O)O)C1)c1nccs1. The number of aliphatic carboxylic acids is 1. The topological polar surface area (TPSA) is 82.5 Å². The lowest BCUT2D eigenvalue weighted by Gasteiger charge is -2.21. The summed E-state index contributed by atoms with van der Waals surface area (Å²) in [6.45, 7) is 4.61. The molecule has 1 saturated heterocycles. The van der Waals surface area contributed by atoms with E-state index in [0.717, 1.165) is 11.4 Å². The molecule has 1 aliphatic heterocycles. The molecule has 2 heterocycles. The van der Waals surface area contributed by atoms with Crippen molar-refractivity contribution in [1.82, 2.24) is 15.2 Å². The molecule has 2 rings (SSSR count). The van der Waals surface area contributed by atoms with E-state index in [-0.39, 0.29) is 24.5 Å². The highest BCUT2D eigenvalue weighted by Gasteiger charge is 2.37. The summed E-state index contributed by atoms with van der Waals surface area (Å²) < 4.78 is 0. The monoisotopic (exact) mass is 297 g/mol. The second-order valence-electron chi connectivity index (χ2n) is 5.11. The highest BCUT2D eigenvalue weighted by Crippen LogP contribution is 2.24. The van der Waals surface area contributed by atoms with Crippen LogP contribution < -0.4 is 5.32 Å². The second-order valence-corrected chi connectivity index (χ2v) is 6.03. The highest BCUT2D eigenvalue weighted by atomic mass is 32.1.